The molecule has 0 spiro atoms. The number of hydrogen-bond acceptors (Lipinski definition) is 15. The lowest BCUT2D eigenvalue weighted by Gasteiger charge is -2.21. The Hall–Kier alpha value is -1.94. The quantitative estimate of drug-likeness (QED) is 0.0222. The van der Waals surface area contributed by atoms with Crippen molar-refractivity contribution in [3.8, 4) is 0 Å². The zero-order chi connectivity index (χ0) is 65.4. The van der Waals surface area contributed by atoms with E-state index in [1.807, 2.05) is 0 Å². The lowest BCUT2D eigenvalue weighted by Crippen LogP contribution is -2.30. The SMILES string of the molecule is CCC(C)CCCCCCCCCCCCCCCCC(=O)O[C@H](COC(=O)CCCCCCCCC(C)C)COP(=O)(O)OC[C@@H](O)COP(=O)(O)OC[C@@H](COC(=O)CCCCCCCCC(C)CC)OC(=O)CCCCCCCCCCC(C)C. The van der Waals surface area contributed by atoms with Crippen molar-refractivity contribution in [2.24, 2.45) is 23.7 Å². The molecule has 0 aromatic heterocycles. The molecule has 0 aliphatic rings. The maximum Gasteiger partial charge on any atom is 0.472 e. The summed E-state index contributed by atoms with van der Waals surface area (Å²) in [6.07, 6.45) is 40.5. The normalized spacial score (nSPS) is 14.9. The molecular formula is C69H134O17P2. The number of unbranched alkanes of at least 4 members (excludes halogenated alkanes) is 30. The predicted octanol–water partition coefficient (Wildman–Crippen LogP) is 19.3. The molecule has 0 amide bonds. The molecule has 88 heavy (non-hydrogen) atoms. The van der Waals surface area contributed by atoms with Crippen LogP contribution in [-0.4, -0.2) is 96.7 Å². The lowest BCUT2D eigenvalue weighted by atomic mass is 9.99. The molecule has 19 heteroatoms. The van der Waals surface area contributed by atoms with Gasteiger partial charge in [0, 0.05) is 25.7 Å². The lowest BCUT2D eigenvalue weighted by molar-refractivity contribution is -0.161. The summed E-state index contributed by atoms with van der Waals surface area (Å²) >= 11 is 0. The second-order valence-electron chi connectivity index (χ2n) is 26.4. The molecule has 3 N–H and O–H groups in total. The van der Waals surface area contributed by atoms with Gasteiger partial charge < -0.3 is 33.8 Å². The fourth-order valence-electron chi connectivity index (χ4n) is 10.2. The highest BCUT2D eigenvalue weighted by atomic mass is 31.2. The summed E-state index contributed by atoms with van der Waals surface area (Å²) in [5, 5.41) is 10.6. The first-order chi connectivity index (χ1) is 42.2. The Labute approximate surface area is 537 Å². The van der Waals surface area contributed by atoms with E-state index in [1.165, 1.54) is 128 Å². The predicted molar refractivity (Wildman–Crippen MR) is 354 cm³/mol. The molecule has 0 saturated heterocycles. The molecule has 0 heterocycles. The smallest absolute Gasteiger partial charge is 0.462 e. The Morgan fingerprint density at radius 1 is 0.318 bits per heavy atom. The number of phosphoric ester groups is 2. The van der Waals surface area contributed by atoms with E-state index in [4.69, 9.17) is 37.0 Å². The van der Waals surface area contributed by atoms with Crippen LogP contribution in [0.1, 0.15) is 338 Å². The highest BCUT2D eigenvalue weighted by Crippen LogP contribution is 2.45. The number of rotatable bonds is 66. The van der Waals surface area contributed by atoms with Crippen molar-refractivity contribution in [3.05, 3.63) is 0 Å². The van der Waals surface area contributed by atoms with Gasteiger partial charge in [-0.3, -0.25) is 37.3 Å². The van der Waals surface area contributed by atoms with E-state index in [9.17, 15) is 43.2 Å². The molecule has 0 aromatic rings. The van der Waals surface area contributed by atoms with Crippen molar-refractivity contribution in [3.63, 3.8) is 0 Å². The van der Waals surface area contributed by atoms with Crippen LogP contribution in [0.2, 0.25) is 0 Å². The second-order valence-corrected chi connectivity index (χ2v) is 29.3. The van der Waals surface area contributed by atoms with E-state index in [-0.39, 0.29) is 25.7 Å². The third kappa shape index (κ3) is 60.3. The van der Waals surface area contributed by atoms with Gasteiger partial charge in [0.25, 0.3) is 0 Å². The fraction of sp³-hybridized carbons (Fsp3) is 0.942. The van der Waals surface area contributed by atoms with Crippen molar-refractivity contribution >= 4 is 39.5 Å². The number of aliphatic hydroxyl groups is 1. The number of hydrogen-bond donors (Lipinski definition) is 3. The minimum atomic E-state index is -4.95. The molecule has 0 saturated carbocycles. The van der Waals surface area contributed by atoms with E-state index in [2.05, 4.69) is 55.4 Å². The van der Waals surface area contributed by atoms with Crippen LogP contribution in [0.5, 0.6) is 0 Å². The Morgan fingerprint density at radius 3 is 0.807 bits per heavy atom. The molecule has 0 fully saturated rings. The van der Waals surface area contributed by atoms with Gasteiger partial charge in [0.05, 0.1) is 26.4 Å². The zero-order valence-corrected chi connectivity index (χ0v) is 59.1. The third-order valence-electron chi connectivity index (χ3n) is 16.5. The summed E-state index contributed by atoms with van der Waals surface area (Å²) in [6.45, 7) is 14.0. The Bertz CT molecular complexity index is 1750. The van der Waals surface area contributed by atoms with Gasteiger partial charge in [-0.25, -0.2) is 9.13 Å². The molecule has 522 valence electrons. The van der Waals surface area contributed by atoms with Crippen molar-refractivity contribution in [1.82, 2.24) is 0 Å². The molecule has 0 aromatic carbocycles. The number of carbonyl (C=O) groups is 4. The van der Waals surface area contributed by atoms with E-state index >= 15 is 0 Å². The van der Waals surface area contributed by atoms with Crippen LogP contribution < -0.4 is 0 Å². The second kappa shape index (κ2) is 58.8. The van der Waals surface area contributed by atoms with E-state index in [0.717, 1.165) is 120 Å². The van der Waals surface area contributed by atoms with Crippen molar-refractivity contribution in [1.29, 1.82) is 0 Å². The standard InChI is InChI=1S/C69H134O17P2/c1-9-61(7)47-39-31-22-17-15-13-11-12-14-16-18-23-35-43-51-68(73)85-64(55-79-66(71)49-41-33-27-25-30-38-46-60(5)6)57-83-87(75,76)81-53-63(70)54-82-88(77,78)84-58-65(56-80-67(72)50-42-34-28-26-32-40-48-62(8)10-2)86-69(74)52-44-36-24-20-19-21-29-37-45-59(3)4/h59-65,70H,9-58H2,1-8H3,(H,75,76)(H,77,78)/t61?,62?,63-,64-,65-/m1/s1. The van der Waals surface area contributed by atoms with E-state index < -0.39 is 97.5 Å². The number of phosphoric acid groups is 2. The summed E-state index contributed by atoms with van der Waals surface area (Å²) < 4.78 is 68.2. The van der Waals surface area contributed by atoms with Gasteiger partial charge in [-0.05, 0) is 49.4 Å². The monoisotopic (exact) mass is 1300 g/mol. The van der Waals surface area contributed by atoms with Crippen molar-refractivity contribution in [2.75, 3.05) is 39.6 Å². The number of carbonyl (C=O) groups excluding carboxylic acids is 4. The average molecular weight is 1300 g/mol. The van der Waals surface area contributed by atoms with Crippen LogP contribution in [0, 0.1) is 23.7 Å². The van der Waals surface area contributed by atoms with Crippen LogP contribution in [0.3, 0.4) is 0 Å². The van der Waals surface area contributed by atoms with Gasteiger partial charge in [-0.2, -0.15) is 0 Å². The summed E-state index contributed by atoms with van der Waals surface area (Å²) in [7, 11) is -9.90. The van der Waals surface area contributed by atoms with Crippen LogP contribution >= 0.6 is 15.6 Å². The maximum absolute atomic E-state index is 13.0. The minimum Gasteiger partial charge on any atom is -0.462 e. The Balaban J connectivity index is 5.21. The average Bonchev–Trinajstić information content (AvgIpc) is 3.54. The number of ether oxygens (including phenoxy) is 4. The van der Waals surface area contributed by atoms with Gasteiger partial charge in [0.15, 0.2) is 12.2 Å². The summed E-state index contributed by atoms with van der Waals surface area (Å²) in [5.74, 6) is 0.839. The number of aliphatic hydroxyl groups excluding tert-OH is 1. The first-order valence-electron chi connectivity index (χ1n) is 35.8. The van der Waals surface area contributed by atoms with Crippen LogP contribution in [0.15, 0.2) is 0 Å². The van der Waals surface area contributed by atoms with Gasteiger partial charge >= 0.3 is 39.5 Å². The maximum atomic E-state index is 13.0. The summed E-state index contributed by atoms with van der Waals surface area (Å²) in [4.78, 5) is 72.4. The first kappa shape index (κ1) is 86.1. The third-order valence-corrected chi connectivity index (χ3v) is 18.4. The molecule has 17 nitrogen and oxygen atoms in total. The topological polar surface area (TPSA) is 237 Å². The molecule has 0 aliphatic carbocycles. The molecule has 7 atom stereocenters. The first-order valence-corrected chi connectivity index (χ1v) is 38.8. The zero-order valence-electron chi connectivity index (χ0n) is 57.3. The molecule has 0 radical (unpaired) electrons. The van der Waals surface area contributed by atoms with E-state index in [1.54, 1.807) is 0 Å². The molecule has 0 aliphatic heterocycles. The van der Waals surface area contributed by atoms with E-state index in [0.29, 0.717) is 31.6 Å². The molecule has 0 bridgehead atoms. The Morgan fingerprint density at radius 2 is 0.545 bits per heavy atom. The van der Waals surface area contributed by atoms with Crippen LogP contribution in [-0.2, 0) is 65.4 Å². The van der Waals surface area contributed by atoms with Crippen molar-refractivity contribution in [2.45, 2.75) is 356 Å². The van der Waals surface area contributed by atoms with Gasteiger partial charge in [-0.15, -0.1) is 0 Å². The van der Waals surface area contributed by atoms with Crippen LogP contribution in [0.4, 0.5) is 0 Å². The van der Waals surface area contributed by atoms with Gasteiger partial charge in [0.2, 0.25) is 0 Å². The highest BCUT2D eigenvalue weighted by molar-refractivity contribution is 7.47. The summed E-state index contributed by atoms with van der Waals surface area (Å²) in [6, 6.07) is 0. The highest BCUT2D eigenvalue weighted by Gasteiger charge is 2.30. The minimum absolute atomic E-state index is 0.103. The largest absolute Gasteiger partial charge is 0.472 e. The molecular weight excluding hydrogens is 1160 g/mol. The van der Waals surface area contributed by atoms with Crippen LogP contribution in [0.25, 0.3) is 0 Å². The summed E-state index contributed by atoms with van der Waals surface area (Å²) in [5.41, 5.74) is 0. The van der Waals surface area contributed by atoms with Gasteiger partial charge in [-0.1, -0.05) is 287 Å². The van der Waals surface area contributed by atoms with Gasteiger partial charge in [0.1, 0.15) is 19.3 Å². The molecule has 0 rings (SSSR count). The molecule has 4 unspecified atom stereocenters. The fourth-order valence-corrected chi connectivity index (χ4v) is 11.8. The van der Waals surface area contributed by atoms with Crippen molar-refractivity contribution < 1.29 is 80.2 Å². The number of esters is 4. The Kier molecular flexibility index (Phi) is 57.6.